The van der Waals surface area contributed by atoms with E-state index >= 15 is 0 Å². The molecule has 2 N–H and O–H groups in total. The molecule has 26 heavy (non-hydrogen) atoms. The van der Waals surface area contributed by atoms with Crippen molar-refractivity contribution in [1.82, 2.24) is 15.5 Å². The summed E-state index contributed by atoms with van der Waals surface area (Å²) in [6.07, 6.45) is 0. The maximum absolute atomic E-state index is 12.0. The van der Waals surface area contributed by atoms with Gasteiger partial charge in [-0.05, 0) is 63.2 Å². The lowest BCUT2D eigenvalue weighted by molar-refractivity contribution is 0.0943. The van der Waals surface area contributed by atoms with Crippen molar-refractivity contribution in [3.63, 3.8) is 0 Å². The molecule has 0 radical (unpaired) electrons. The highest BCUT2D eigenvalue weighted by molar-refractivity contribution is 5.94. The standard InChI is InChI=1S/C21H22N4O/c1-14(2)22-21(26)16-7-9-18(10-8-16)23-20-12-11-19(24-25-20)17-6-4-5-15(3)13-17/h4-14H,1-3H3,(H,22,26)(H,23,25). The molecule has 0 spiro atoms. The first-order chi connectivity index (χ1) is 12.5. The molecule has 1 aromatic heterocycles. The summed E-state index contributed by atoms with van der Waals surface area (Å²) in [5.41, 5.74) is 4.55. The summed E-state index contributed by atoms with van der Waals surface area (Å²) in [6.45, 7) is 5.93. The quantitative estimate of drug-likeness (QED) is 0.721. The van der Waals surface area contributed by atoms with Crippen molar-refractivity contribution >= 4 is 17.4 Å². The first kappa shape index (κ1) is 17.6. The molecular formula is C21H22N4O. The van der Waals surface area contributed by atoms with Gasteiger partial charge >= 0.3 is 0 Å². The van der Waals surface area contributed by atoms with E-state index < -0.39 is 0 Å². The van der Waals surface area contributed by atoms with Crippen LogP contribution in [0, 0.1) is 6.92 Å². The van der Waals surface area contributed by atoms with Gasteiger partial charge in [0.05, 0.1) is 5.69 Å². The van der Waals surface area contributed by atoms with Crippen LogP contribution in [0.3, 0.4) is 0 Å². The molecule has 1 amide bonds. The van der Waals surface area contributed by atoms with Crippen molar-refractivity contribution in [2.24, 2.45) is 0 Å². The number of aromatic nitrogens is 2. The highest BCUT2D eigenvalue weighted by Gasteiger charge is 2.07. The molecule has 1 heterocycles. The molecule has 3 rings (SSSR count). The number of nitrogens with one attached hydrogen (secondary N) is 2. The third-order valence-electron chi connectivity index (χ3n) is 3.82. The fourth-order valence-corrected chi connectivity index (χ4v) is 2.56. The predicted molar refractivity (Wildman–Crippen MR) is 105 cm³/mol. The third-order valence-corrected chi connectivity index (χ3v) is 3.82. The summed E-state index contributed by atoms with van der Waals surface area (Å²) in [5.74, 6) is 0.578. The van der Waals surface area contributed by atoms with E-state index in [2.05, 4.69) is 39.9 Å². The average molecular weight is 346 g/mol. The zero-order chi connectivity index (χ0) is 18.5. The number of rotatable bonds is 5. The van der Waals surface area contributed by atoms with Gasteiger partial charge < -0.3 is 10.6 Å². The molecular weight excluding hydrogens is 324 g/mol. The Morgan fingerprint density at radius 2 is 1.73 bits per heavy atom. The molecule has 0 saturated heterocycles. The fourth-order valence-electron chi connectivity index (χ4n) is 2.56. The normalized spacial score (nSPS) is 10.6. The minimum atomic E-state index is -0.0751. The monoisotopic (exact) mass is 346 g/mol. The fraction of sp³-hybridized carbons (Fsp3) is 0.190. The Balaban J connectivity index is 1.68. The van der Waals surface area contributed by atoms with Crippen molar-refractivity contribution in [1.29, 1.82) is 0 Å². The zero-order valence-corrected chi connectivity index (χ0v) is 15.2. The first-order valence-electron chi connectivity index (χ1n) is 8.60. The van der Waals surface area contributed by atoms with Crippen LogP contribution in [0.15, 0.2) is 60.7 Å². The third kappa shape index (κ3) is 4.45. The molecule has 132 valence electrons. The van der Waals surface area contributed by atoms with Gasteiger partial charge in [-0.3, -0.25) is 4.79 Å². The van der Waals surface area contributed by atoms with Crippen molar-refractivity contribution in [2.45, 2.75) is 26.8 Å². The number of anilines is 2. The zero-order valence-electron chi connectivity index (χ0n) is 15.2. The van der Waals surface area contributed by atoms with Crippen molar-refractivity contribution in [3.8, 4) is 11.3 Å². The van der Waals surface area contributed by atoms with Gasteiger partial charge in [0.15, 0.2) is 5.82 Å². The Morgan fingerprint density at radius 3 is 2.35 bits per heavy atom. The predicted octanol–water partition coefficient (Wildman–Crippen LogP) is 4.33. The number of hydrogen-bond acceptors (Lipinski definition) is 4. The van der Waals surface area contributed by atoms with Gasteiger partial charge in [-0.2, -0.15) is 0 Å². The SMILES string of the molecule is Cc1cccc(-c2ccc(Nc3ccc(C(=O)NC(C)C)cc3)nn2)c1. The Hall–Kier alpha value is -3.21. The second kappa shape index (κ2) is 7.78. The molecule has 0 aliphatic heterocycles. The van der Waals surface area contributed by atoms with Crippen LogP contribution in [0.4, 0.5) is 11.5 Å². The molecule has 0 aliphatic rings. The number of benzene rings is 2. The molecule has 2 aromatic carbocycles. The summed E-state index contributed by atoms with van der Waals surface area (Å²) in [6, 6.07) is 19.4. The first-order valence-corrected chi connectivity index (χ1v) is 8.60. The van der Waals surface area contributed by atoms with Crippen LogP contribution >= 0.6 is 0 Å². The molecule has 0 fully saturated rings. The summed E-state index contributed by atoms with van der Waals surface area (Å²) in [7, 11) is 0. The molecule has 0 unspecified atom stereocenters. The van der Waals surface area contributed by atoms with Crippen LogP contribution in [0.5, 0.6) is 0 Å². The van der Waals surface area contributed by atoms with E-state index in [1.807, 2.05) is 50.2 Å². The van der Waals surface area contributed by atoms with E-state index in [-0.39, 0.29) is 11.9 Å². The molecule has 0 saturated carbocycles. The summed E-state index contributed by atoms with van der Waals surface area (Å²) in [4.78, 5) is 12.0. The molecule has 5 heteroatoms. The average Bonchev–Trinajstić information content (AvgIpc) is 2.62. The van der Waals surface area contributed by atoms with Gasteiger partial charge in [0.1, 0.15) is 0 Å². The summed E-state index contributed by atoms with van der Waals surface area (Å²) in [5, 5.41) is 14.6. The lowest BCUT2D eigenvalue weighted by Gasteiger charge is -2.09. The number of nitrogens with zero attached hydrogens (tertiary/aromatic N) is 2. The molecule has 0 bridgehead atoms. The molecule has 5 nitrogen and oxygen atoms in total. The summed E-state index contributed by atoms with van der Waals surface area (Å²) >= 11 is 0. The van der Waals surface area contributed by atoms with Crippen LogP contribution < -0.4 is 10.6 Å². The van der Waals surface area contributed by atoms with Crippen LogP contribution in [0.2, 0.25) is 0 Å². The number of hydrogen-bond donors (Lipinski definition) is 2. The van der Waals surface area contributed by atoms with E-state index in [9.17, 15) is 4.79 Å². The van der Waals surface area contributed by atoms with Crippen LogP contribution in [0.1, 0.15) is 29.8 Å². The number of carbonyl (C=O) groups excluding carboxylic acids is 1. The van der Waals surface area contributed by atoms with Crippen LogP contribution in [0.25, 0.3) is 11.3 Å². The van der Waals surface area contributed by atoms with Crippen LogP contribution in [-0.4, -0.2) is 22.1 Å². The van der Waals surface area contributed by atoms with E-state index in [1.54, 1.807) is 12.1 Å². The second-order valence-electron chi connectivity index (χ2n) is 6.50. The van der Waals surface area contributed by atoms with Gasteiger partial charge in [0, 0.05) is 22.9 Å². The van der Waals surface area contributed by atoms with Gasteiger partial charge in [0.25, 0.3) is 5.91 Å². The lowest BCUT2D eigenvalue weighted by Crippen LogP contribution is -2.29. The highest BCUT2D eigenvalue weighted by atomic mass is 16.1. The summed E-state index contributed by atoms with van der Waals surface area (Å²) < 4.78 is 0. The molecule has 3 aromatic rings. The van der Waals surface area contributed by atoms with Gasteiger partial charge in [-0.15, -0.1) is 10.2 Å². The van der Waals surface area contributed by atoms with Gasteiger partial charge in [0.2, 0.25) is 0 Å². The van der Waals surface area contributed by atoms with E-state index in [4.69, 9.17) is 0 Å². The van der Waals surface area contributed by atoms with Crippen LogP contribution in [-0.2, 0) is 0 Å². The number of aryl methyl sites for hydroxylation is 1. The minimum Gasteiger partial charge on any atom is -0.350 e. The topological polar surface area (TPSA) is 66.9 Å². The largest absolute Gasteiger partial charge is 0.350 e. The Kier molecular flexibility index (Phi) is 5.27. The minimum absolute atomic E-state index is 0.0751. The smallest absolute Gasteiger partial charge is 0.251 e. The van der Waals surface area contributed by atoms with E-state index in [0.717, 1.165) is 16.9 Å². The lowest BCUT2D eigenvalue weighted by atomic mass is 10.1. The Labute approximate surface area is 153 Å². The number of amides is 1. The van der Waals surface area contributed by atoms with Crippen molar-refractivity contribution in [2.75, 3.05) is 5.32 Å². The van der Waals surface area contributed by atoms with E-state index in [0.29, 0.717) is 11.4 Å². The van der Waals surface area contributed by atoms with Crippen molar-refractivity contribution < 1.29 is 4.79 Å². The van der Waals surface area contributed by atoms with Gasteiger partial charge in [-0.1, -0.05) is 23.8 Å². The Morgan fingerprint density at radius 1 is 0.962 bits per heavy atom. The van der Waals surface area contributed by atoms with Gasteiger partial charge in [-0.25, -0.2) is 0 Å². The second-order valence-corrected chi connectivity index (χ2v) is 6.50. The highest BCUT2D eigenvalue weighted by Crippen LogP contribution is 2.20. The number of carbonyl (C=O) groups is 1. The van der Waals surface area contributed by atoms with Crippen molar-refractivity contribution in [3.05, 3.63) is 71.8 Å². The maximum Gasteiger partial charge on any atom is 0.251 e. The molecule has 0 aliphatic carbocycles. The maximum atomic E-state index is 12.0. The molecule has 0 atom stereocenters. The van der Waals surface area contributed by atoms with E-state index in [1.165, 1.54) is 5.56 Å². The Bertz CT molecular complexity index is 887.